The summed E-state index contributed by atoms with van der Waals surface area (Å²) in [6.45, 7) is 1.38. The number of hydrogen-bond acceptors (Lipinski definition) is 5. The average molecular weight is 386 g/mol. The summed E-state index contributed by atoms with van der Waals surface area (Å²) < 4.78 is 22.2. The van der Waals surface area contributed by atoms with Crippen molar-refractivity contribution in [2.45, 2.75) is 23.9 Å². The maximum atomic E-state index is 14.7. The summed E-state index contributed by atoms with van der Waals surface area (Å²) in [4.78, 5) is 16.7. The molecule has 0 radical (unpaired) electrons. The molecule has 27 heavy (non-hydrogen) atoms. The number of thioether (sulfide) groups is 1. The largest absolute Gasteiger partial charge is 0.455 e. The van der Waals surface area contributed by atoms with Gasteiger partial charge in [0.05, 0.1) is 11.4 Å². The first kappa shape index (κ1) is 17.8. The van der Waals surface area contributed by atoms with E-state index >= 15 is 0 Å². The quantitative estimate of drug-likeness (QED) is 0.658. The molecule has 3 aromatic rings. The molecule has 0 unspecified atom stereocenters. The van der Waals surface area contributed by atoms with Crippen LogP contribution in [-0.2, 0) is 25.8 Å². The molecule has 2 N–H and O–H groups in total. The maximum absolute atomic E-state index is 14.7. The topological polar surface area (TPSA) is 72.1 Å². The van der Waals surface area contributed by atoms with Gasteiger partial charge in [0, 0.05) is 26.0 Å². The number of fused-ring (bicyclic) bond motifs is 1. The van der Waals surface area contributed by atoms with E-state index in [-0.39, 0.29) is 17.3 Å². The van der Waals surface area contributed by atoms with Crippen molar-refractivity contribution in [2.24, 2.45) is 7.05 Å². The Morgan fingerprint density at radius 3 is 3.11 bits per heavy atom. The zero-order valence-corrected chi connectivity index (χ0v) is 15.6. The highest BCUT2D eigenvalue weighted by Crippen LogP contribution is 2.26. The molecule has 0 fully saturated rings. The van der Waals surface area contributed by atoms with Crippen molar-refractivity contribution in [1.29, 1.82) is 0 Å². The van der Waals surface area contributed by atoms with Gasteiger partial charge in [-0.25, -0.2) is 9.37 Å². The monoisotopic (exact) mass is 386 g/mol. The summed E-state index contributed by atoms with van der Waals surface area (Å²) in [6, 6.07) is 6.79. The highest BCUT2D eigenvalue weighted by atomic mass is 32.2. The van der Waals surface area contributed by atoms with Crippen molar-refractivity contribution in [3.05, 3.63) is 65.1 Å². The van der Waals surface area contributed by atoms with Gasteiger partial charge in [0.15, 0.2) is 10.9 Å². The van der Waals surface area contributed by atoms with Crippen LogP contribution in [-0.4, -0.2) is 22.0 Å². The number of hydrogen-bond donors (Lipinski definition) is 2. The maximum Gasteiger partial charge on any atom is 0.291 e. The van der Waals surface area contributed by atoms with Crippen molar-refractivity contribution in [3.63, 3.8) is 0 Å². The van der Waals surface area contributed by atoms with Crippen molar-refractivity contribution in [1.82, 2.24) is 14.9 Å². The normalized spacial score (nSPS) is 13.4. The number of anilines is 1. The summed E-state index contributed by atoms with van der Waals surface area (Å²) in [5, 5.41) is 6.69. The fourth-order valence-corrected chi connectivity index (χ4v) is 3.84. The van der Waals surface area contributed by atoms with E-state index in [4.69, 9.17) is 4.42 Å². The first-order valence-electron chi connectivity index (χ1n) is 8.63. The molecule has 140 valence electrons. The lowest BCUT2D eigenvalue weighted by molar-refractivity contribution is 0.0995. The molecule has 0 aliphatic carbocycles. The molecule has 0 saturated heterocycles. The number of carbonyl (C=O) groups is 1. The fourth-order valence-electron chi connectivity index (χ4n) is 3.02. The summed E-state index contributed by atoms with van der Waals surface area (Å²) in [6.07, 6.45) is 4.21. The van der Waals surface area contributed by atoms with Crippen molar-refractivity contribution in [2.75, 3.05) is 11.9 Å². The number of benzene rings is 1. The second-order valence-corrected chi connectivity index (χ2v) is 7.26. The van der Waals surface area contributed by atoms with Crippen LogP contribution in [0.3, 0.4) is 0 Å². The standard InChI is InChI=1S/C19H19FN4O2S/c1-24-9-8-22-19(24)27-11-13-3-5-16(26-13)18(25)23-15-4-2-12-10-21-7-6-14(12)17(15)20/h2-5,8-9,21H,6-7,10-11H2,1H3,(H,23,25). The zero-order valence-electron chi connectivity index (χ0n) is 14.8. The van der Waals surface area contributed by atoms with Crippen LogP contribution in [0.2, 0.25) is 0 Å². The third-order valence-electron chi connectivity index (χ3n) is 4.46. The van der Waals surface area contributed by atoms with Gasteiger partial charge < -0.3 is 19.6 Å². The lowest BCUT2D eigenvalue weighted by Gasteiger charge is -2.19. The Kier molecular flexibility index (Phi) is 5.00. The number of aromatic nitrogens is 2. The van der Waals surface area contributed by atoms with Crippen LogP contribution >= 0.6 is 11.8 Å². The SMILES string of the molecule is Cn1ccnc1SCc1ccc(C(=O)Nc2ccc3c(c2F)CCNC3)o1. The summed E-state index contributed by atoms with van der Waals surface area (Å²) >= 11 is 1.51. The lowest BCUT2D eigenvalue weighted by Crippen LogP contribution is -2.25. The molecule has 6 nitrogen and oxygen atoms in total. The molecular weight excluding hydrogens is 367 g/mol. The minimum Gasteiger partial charge on any atom is -0.455 e. The number of nitrogens with zero attached hydrogens (tertiary/aromatic N) is 2. The van der Waals surface area contributed by atoms with Gasteiger partial charge in [-0.15, -0.1) is 0 Å². The molecule has 8 heteroatoms. The van der Waals surface area contributed by atoms with E-state index in [1.54, 1.807) is 24.4 Å². The second kappa shape index (κ2) is 7.58. The highest BCUT2D eigenvalue weighted by Gasteiger charge is 2.19. The smallest absolute Gasteiger partial charge is 0.291 e. The van der Waals surface area contributed by atoms with Gasteiger partial charge in [-0.2, -0.15) is 0 Å². The number of nitrogens with one attached hydrogen (secondary N) is 2. The molecule has 3 heterocycles. The number of carbonyl (C=O) groups excluding carboxylic acids is 1. The predicted octanol–water partition coefficient (Wildman–Crippen LogP) is 3.34. The number of rotatable bonds is 5. The summed E-state index contributed by atoms with van der Waals surface area (Å²) in [7, 11) is 1.92. The Balaban J connectivity index is 1.43. The van der Waals surface area contributed by atoms with Crippen LogP contribution in [0, 0.1) is 5.82 Å². The Morgan fingerprint density at radius 2 is 2.30 bits per heavy atom. The number of imidazole rings is 1. The van der Waals surface area contributed by atoms with E-state index in [1.165, 1.54) is 11.8 Å². The van der Waals surface area contributed by atoms with Gasteiger partial charge in [0.1, 0.15) is 11.6 Å². The molecule has 2 aromatic heterocycles. The molecule has 1 aliphatic rings. The van der Waals surface area contributed by atoms with Crippen LogP contribution in [0.1, 0.15) is 27.4 Å². The van der Waals surface area contributed by atoms with Gasteiger partial charge >= 0.3 is 0 Å². The molecule has 1 amide bonds. The predicted molar refractivity (Wildman–Crippen MR) is 101 cm³/mol. The number of amides is 1. The van der Waals surface area contributed by atoms with E-state index in [9.17, 15) is 9.18 Å². The van der Waals surface area contributed by atoms with Gasteiger partial charge in [0.25, 0.3) is 5.91 Å². The Labute approximate surface area is 160 Å². The molecule has 0 saturated carbocycles. The number of halogens is 1. The van der Waals surface area contributed by atoms with Crippen LogP contribution in [0.5, 0.6) is 0 Å². The Hall–Kier alpha value is -2.58. The van der Waals surface area contributed by atoms with Crippen molar-refractivity contribution >= 4 is 23.4 Å². The lowest BCUT2D eigenvalue weighted by atomic mass is 9.99. The molecule has 0 atom stereocenters. The minimum absolute atomic E-state index is 0.157. The van der Waals surface area contributed by atoms with Gasteiger partial charge in [0.2, 0.25) is 0 Å². The van der Waals surface area contributed by atoms with E-state index < -0.39 is 5.91 Å². The fraction of sp³-hybridized carbons (Fsp3) is 0.263. The first-order valence-corrected chi connectivity index (χ1v) is 9.61. The second-order valence-electron chi connectivity index (χ2n) is 6.32. The van der Waals surface area contributed by atoms with Crippen LogP contribution in [0.25, 0.3) is 0 Å². The van der Waals surface area contributed by atoms with Crippen LogP contribution in [0.4, 0.5) is 10.1 Å². The first-order chi connectivity index (χ1) is 13.1. The molecule has 0 spiro atoms. The number of furan rings is 1. The molecule has 4 rings (SSSR count). The van der Waals surface area contributed by atoms with E-state index in [0.717, 1.165) is 17.3 Å². The third kappa shape index (κ3) is 3.77. The zero-order chi connectivity index (χ0) is 18.8. The molecule has 1 aromatic carbocycles. The van der Waals surface area contributed by atoms with E-state index in [2.05, 4.69) is 15.6 Å². The Morgan fingerprint density at radius 1 is 1.41 bits per heavy atom. The van der Waals surface area contributed by atoms with Gasteiger partial charge in [-0.1, -0.05) is 17.8 Å². The third-order valence-corrected chi connectivity index (χ3v) is 5.54. The minimum atomic E-state index is -0.462. The number of aryl methyl sites for hydroxylation is 1. The van der Waals surface area contributed by atoms with Crippen LogP contribution < -0.4 is 10.6 Å². The molecule has 0 bridgehead atoms. The summed E-state index contributed by atoms with van der Waals surface area (Å²) in [5.74, 6) is 0.545. The highest BCUT2D eigenvalue weighted by molar-refractivity contribution is 7.98. The van der Waals surface area contributed by atoms with Gasteiger partial charge in [-0.05, 0) is 42.3 Å². The average Bonchev–Trinajstić information content (AvgIpc) is 3.31. The van der Waals surface area contributed by atoms with E-state index in [1.807, 2.05) is 23.9 Å². The van der Waals surface area contributed by atoms with Crippen LogP contribution in [0.15, 0.2) is 46.2 Å². The Bertz CT molecular complexity index is 982. The van der Waals surface area contributed by atoms with E-state index in [0.29, 0.717) is 30.0 Å². The molecule has 1 aliphatic heterocycles. The van der Waals surface area contributed by atoms with Crippen molar-refractivity contribution < 1.29 is 13.6 Å². The van der Waals surface area contributed by atoms with Crippen molar-refractivity contribution in [3.8, 4) is 0 Å². The summed E-state index contributed by atoms with van der Waals surface area (Å²) in [5.41, 5.74) is 1.78. The van der Waals surface area contributed by atoms with Gasteiger partial charge in [-0.3, -0.25) is 4.79 Å². The molecular formula is C19H19FN4O2S.